The molecule has 1 N–H and O–H groups in total. The van der Waals surface area contributed by atoms with E-state index in [9.17, 15) is 0 Å². The van der Waals surface area contributed by atoms with Crippen LogP contribution in [0.15, 0.2) is 47.5 Å². The molecule has 0 aromatic heterocycles. The third-order valence-corrected chi connectivity index (χ3v) is 3.02. The first-order valence-corrected chi connectivity index (χ1v) is 5.65. The highest BCUT2D eigenvalue weighted by Crippen LogP contribution is 2.20. The van der Waals surface area contributed by atoms with Gasteiger partial charge in [-0.25, -0.2) is 0 Å². The molecule has 0 saturated carbocycles. The zero-order valence-corrected chi connectivity index (χ0v) is 10.3. The molecule has 1 aliphatic rings. The summed E-state index contributed by atoms with van der Waals surface area (Å²) >= 11 is 0. The molecule has 1 heterocycles. The topological polar surface area (TPSA) is 24.4 Å². The molecule has 0 amide bonds. The molecule has 0 bridgehead atoms. The fourth-order valence-corrected chi connectivity index (χ4v) is 2.23. The van der Waals surface area contributed by atoms with Gasteiger partial charge in [-0.3, -0.25) is 10.3 Å². The van der Waals surface area contributed by atoms with Gasteiger partial charge in [0, 0.05) is 19.2 Å². The van der Waals surface area contributed by atoms with E-state index in [-0.39, 0.29) is 18.6 Å². The van der Waals surface area contributed by atoms with Crippen molar-refractivity contribution in [3.8, 4) is 0 Å². The molecular formula is C14H15ClN2. The SMILES string of the molecule is C1=NC(Cc2cccc3ccccc23)NC1.Cl. The Balaban J connectivity index is 0.00000108. The van der Waals surface area contributed by atoms with Gasteiger partial charge in [-0.2, -0.15) is 0 Å². The molecule has 1 unspecified atom stereocenters. The molecular weight excluding hydrogens is 232 g/mol. The van der Waals surface area contributed by atoms with Crippen LogP contribution in [0.3, 0.4) is 0 Å². The molecule has 3 heteroatoms. The Morgan fingerprint density at radius 3 is 2.76 bits per heavy atom. The number of hydrogen-bond donors (Lipinski definition) is 1. The maximum Gasteiger partial charge on any atom is 0.103 e. The van der Waals surface area contributed by atoms with Gasteiger partial charge in [0.1, 0.15) is 6.17 Å². The van der Waals surface area contributed by atoms with Crippen molar-refractivity contribution >= 4 is 29.4 Å². The summed E-state index contributed by atoms with van der Waals surface area (Å²) in [4.78, 5) is 4.40. The van der Waals surface area contributed by atoms with Crippen LogP contribution in [-0.2, 0) is 6.42 Å². The average molecular weight is 247 g/mol. The summed E-state index contributed by atoms with van der Waals surface area (Å²) in [6.45, 7) is 0.898. The Morgan fingerprint density at radius 2 is 1.94 bits per heavy atom. The smallest absolute Gasteiger partial charge is 0.103 e. The van der Waals surface area contributed by atoms with Gasteiger partial charge in [0.25, 0.3) is 0 Å². The van der Waals surface area contributed by atoms with Crippen molar-refractivity contribution in [2.45, 2.75) is 12.6 Å². The number of hydrogen-bond acceptors (Lipinski definition) is 2. The van der Waals surface area contributed by atoms with Gasteiger partial charge in [-0.05, 0) is 16.3 Å². The number of nitrogens with one attached hydrogen (secondary N) is 1. The lowest BCUT2D eigenvalue weighted by atomic mass is 10.0. The van der Waals surface area contributed by atoms with E-state index in [0.29, 0.717) is 0 Å². The lowest BCUT2D eigenvalue weighted by molar-refractivity contribution is 0.603. The number of benzene rings is 2. The molecule has 2 nitrogen and oxygen atoms in total. The molecule has 0 aliphatic carbocycles. The molecule has 0 radical (unpaired) electrons. The Kier molecular flexibility index (Phi) is 3.77. The van der Waals surface area contributed by atoms with Gasteiger partial charge in [0.05, 0.1) is 0 Å². The maximum atomic E-state index is 4.40. The van der Waals surface area contributed by atoms with Crippen molar-refractivity contribution in [1.82, 2.24) is 5.32 Å². The van der Waals surface area contributed by atoms with Crippen LogP contribution >= 0.6 is 12.4 Å². The van der Waals surface area contributed by atoms with E-state index >= 15 is 0 Å². The minimum absolute atomic E-state index is 0. The standard InChI is InChI=1S/C14H14N2.ClH/c1-2-7-13-11(4-1)5-3-6-12(13)10-14-15-8-9-16-14;/h1-8,14,16H,9-10H2;1H. The van der Waals surface area contributed by atoms with Crippen LogP contribution < -0.4 is 5.32 Å². The predicted octanol–water partition coefficient (Wildman–Crippen LogP) is 2.80. The molecule has 17 heavy (non-hydrogen) atoms. The number of fused-ring (bicyclic) bond motifs is 1. The van der Waals surface area contributed by atoms with E-state index in [1.165, 1.54) is 16.3 Å². The second-order valence-electron chi connectivity index (χ2n) is 4.10. The highest BCUT2D eigenvalue weighted by atomic mass is 35.5. The number of nitrogens with zero attached hydrogens (tertiary/aromatic N) is 1. The van der Waals surface area contributed by atoms with Crippen LogP contribution in [0.25, 0.3) is 10.8 Å². The summed E-state index contributed by atoms with van der Waals surface area (Å²) in [6, 6.07) is 15.0. The van der Waals surface area contributed by atoms with Crippen LogP contribution in [0.4, 0.5) is 0 Å². The molecule has 88 valence electrons. The quantitative estimate of drug-likeness (QED) is 0.866. The van der Waals surface area contributed by atoms with Crippen molar-refractivity contribution in [3.63, 3.8) is 0 Å². The monoisotopic (exact) mass is 246 g/mol. The summed E-state index contributed by atoms with van der Waals surface area (Å²) in [5.74, 6) is 0. The zero-order valence-electron chi connectivity index (χ0n) is 9.47. The number of aliphatic imine (C=N–C) groups is 1. The fourth-order valence-electron chi connectivity index (χ4n) is 2.23. The van der Waals surface area contributed by atoms with Gasteiger partial charge in [-0.15, -0.1) is 12.4 Å². The van der Waals surface area contributed by atoms with Crippen LogP contribution in [0.1, 0.15) is 5.56 Å². The van der Waals surface area contributed by atoms with Gasteiger partial charge in [-0.1, -0.05) is 42.5 Å². The van der Waals surface area contributed by atoms with E-state index < -0.39 is 0 Å². The lowest BCUT2D eigenvalue weighted by Gasteiger charge is -2.10. The largest absolute Gasteiger partial charge is 0.290 e. The van der Waals surface area contributed by atoms with Gasteiger partial charge in [0.2, 0.25) is 0 Å². The summed E-state index contributed by atoms with van der Waals surface area (Å²) < 4.78 is 0. The highest BCUT2D eigenvalue weighted by Gasteiger charge is 2.11. The van der Waals surface area contributed by atoms with Gasteiger partial charge >= 0.3 is 0 Å². The summed E-state index contributed by atoms with van der Waals surface area (Å²) in [7, 11) is 0. The zero-order chi connectivity index (χ0) is 10.8. The molecule has 3 rings (SSSR count). The Bertz CT molecular complexity index is 531. The lowest BCUT2D eigenvalue weighted by Crippen LogP contribution is -2.24. The van der Waals surface area contributed by atoms with E-state index in [4.69, 9.17) is 0 Å². The van der Waals surface area contributed by atoms with Crippen LogP contribution in [0.5, 0.6) is 0 Å². The summed E-state index contributed by atoms with van der Waals surface area (Å²) in [5, 5.41) is 6.00. The van der Waals surface area contributed by atoms with Crippen LogP contribution in [-0.4, -0.2) is 18.9 Å². The predicted molar refractivity (Wildman–Crippen MR) is 75.2 cm³/mol. The van der Waals surface area contributed by atoms with Crippen molar-refractivity contribution in [3.05, 3.63) is 48.0 Å². The van der Waals surface area contributed by atoms with Gasteiger partial charge in [0.15, 0.2) is 0 Å². The Hall–Kier alpha value is -1.38. The first kappa shape index (κ1) is 12.1. The van der Waals surface area contributed by atoms with Crippen molar-refractivity contribution in [2.24, 2.45) is 4.99 Å². The average Bonchev–Trinajstić information content (AvgIpc) is 2.82. The maximum absolute atomic E-state index is 4.40. The Labute approximate surface area is 107 Å². The minimum atomic E-state index is 0. The fraction of sp³-hybridized carbons (Fsp3) is 0.214. The van der Waals surface area contributed by atoms with Crippen molar-refractivity contribution in [1.29, 1.82) is 0 Å². The second-order valence-corrected chi connectivity index (χ2v) is 4.10. The molecule has 0 saturated heterocycles. The van der Waals surface area contributed by atoms with Crippen molar-refractivity contribution in [2.75, 3.05) is 6.54 Å². The summed E-state index contributed by atoms with van der Waals surface area (Å²) in [6.07, 6.45) is 3.18. The summed E-state index contributed by atoms with van der Waals surface area (Å²) in [5.41, 5.74) is 1.37. The second kappa shape index (κ2) is 5.30. The number of rotatable bonds is 2. The van der Waals surface area contributed by atoms with E-state index in [1.54, 1.807) is 0 Å². The number of halogens is 1. The molecule has 0 fully saturated rings. The highest BCUT2D eigenvalue weighted by molar-refractivity contribution is 5.86. The van der Waals surface area contributed by atoms with E-state index in [1.807, 2.05) is 6.21 Å². The first-order chi connectivity index (χ1) is 7.93. The van der Waals surface area contributed by atoms with Crippen LogP contribution in [0.2, 0.25) is 0 Å². The van der Waals surface area contributed by atoms with E-state index in [0.717, 1.165) is 13.0 Å². The minimum Gasteiger partial charge on any atom is -0.290 e. The molecule has 1 aliphatic heterocycles. The third kappa shape index (κ3) is 2.48. The molecule has 2 aromatic carbocycles. The normalized spacial score (nSPS) is 18.2. The molecule has 0 spiro atoms. The van der Waals surface area contributed by atoms with Crippen molar-refractivity contribution < 1.29 is 0 Å². The van der Waals surface area contributed by atoms with Crippen LogP contribution in [0, 0.1) is 0 Å². The van der Waals surface area contributed by atoms with E-state index in [2.05, 4.69) is 52.8 Å². The first-order valence-electron chi connectivity index (χ1n) is 5.65. The molecule has 1 atom stereocenters. The molecule has 2 aromatic rings. The Morgan fingerprint density at radius 1 is 1.12 bits per heavy atom. The third-order valence-electron chi connectivity index (χ3n) is 3.02. The van der Waals surface area contributed by atoms with Gasteiger partial charge < -0.3 is 0 Å².